The fourth-order valence-corrected chi connectivity index (χ4v) is 1.84. The van der Waals surface area contributed by atoms with E-state index in [-0.39, 0.29) is 0 Å². The molecule has 86 valence electrons. The maximum atomic E-state index is 4.57. The Balaban J connectivity index is 2.17. The number of hydrogen-bond donors (Lipinski definition) is 0. The molecule has 1 heteroatoms. The molecular weight excluding hydrogens is 206 g/mol. The molecule has 0 atom stereocenters. The Bertz CT molecular complexity index is 490. The van der Waals surface area contributed by atoms with Gasteiger partial charge >= 0.3 is 0 Å². The summed E-state index contributed by atoms with van der Waals surface area (Å²) in [6, 6.07) is 10.1. The van der Waals surface area contributed by atoms with Gasteiger partial charge in [0.1, 0.15) is 0 Å². The largest absolute Gasteiger partial charge is 0.253 e. The summed E-state index contributed by atoms with van der Waals surface area (Å²) in [5.74, 6) is 0. The lowest BCUT2D eigenvalue weighted by atomic mass is 10.0. The van der Waals surface area contributed by atoms with Gasteiger partial charge in [-0.3, -0.25) is 4.99 Å². The molecule has 0 bridgehead atoms. The third-order valence-corrected chi connectivity index (χ3v) is 2.82. The highest BCUT2D eigenvalue weighted by Crippen LogP contribution is 2.17. The smallest absolute Gasteiger partial charge is 0.0633 e. The summed E-state index contributed by atoms with van der Waals surface area (Å²) in [6.07, 6.45) is 8.81. The fourth-order valence-electron chi connectivity index (χ4n) is 1.84. The molecule has 2 rings (SSSR count). The molecule has 0 aliphatic heterocycles. The van der Waals surface area contributed by atoms with Crippen LogP contribution in [0.25, 0.3) is 5.70 Å². The zero-order chi connectivity index (χ0) is 12.1. The van der Waals surface area contributed by atoms with E-state index in [0.29, 0.717) is 0 Å². The first-order valence-corrected chi connectivity index (χ1v) is 5.94. The molecule has 1 aromatic rings. The molecule has 0 aromatic heterocycles. The number of allylic oxidation sites excluding steroid dienone is 4. The molecule has 1 aliphatic carbocycles. The van der Waals surface area contributed by atoms with Crippen molar-refractivity contribution in [3.05, 3.63) is 66.3 Å². The van der Waals surface area contributed by atoms with E-state index in [2.05, 4.69) is 29.8 Å². The molecule has 1 nitrogen and oxygen atoms in total. The van der Waals surface area contributed by atoms with Crippen molar-refractivity contribution in [1.29, 1.82) is 0 Å². The minimum Gasteiger partial charge on any atom is -0.253 e. The minimum absolute atomic E-state index is 0.822. The lowest BCUT2D eigenvalue weighted by molar-refractivity contribution is 1.03. The monoisotopic (exact) mass is 223 g/mol. The summed E-state index contributed by atoms with van der Waals surface area (Å²) in [7, 11) is 0. The molecule has 0 saturated carbocycles. The zero-order valence-electron chi connectivity index (χ0n) is 10.2. The van der Waals surface area contributed by atoms with Gasteiger partial charge in [-0.05, 0) is 30.9 Å². The second-order valence-electron chi connectivity index (χ2n) is 4.15. The molecule has 0 unspecified atom stereocenters. The topological polar surface area (TPSA) is 12.4 Å². The van der Waals surface area contributed by atoms with Crippen LogP contribution in [-0.4, -0.2) is 5.71 Å². The molecule has 17 heavy (non-hydrogen) atoms. The third-order valence-electron chi connectivity index (χ3n) is 2.82. The molecule has 0 saturated heterocycles. The number of hydrogen-bond acceptors (Lipinski definition) is 1. The molecule has 1 aromatic carbocycles. The Labute approximate surface area is 103 Å². The van der Waals surface area contributed by atoms with Crippen LogP contribution in [0.15, 0.2) is 65.7 Å². The summed E-state index contributed by atoms with van der Waals surface area (Å²) in [5, 5.41) is 0. The number of benzene rings is 1. The van der Waals surface area contributed by atoms with Crippen molar-refractivity contribution < 1.29 is 0 Å². The van der Waals surface area contributed by atoms with Crippen molar-refractivity contribution in [2.75, 3.05) is 0 Å². The van der Waals surface area contributed by atoms with Crippen molar-refractivity contribution in [1.82, 2.24) is 0 Å². The van der Waals surface area contributed by atoms with Crippen molar-refractivity contribution >= 4 is 11.4 Å². The zero-order valence-corrected chi connectivity index (χ0v) is 10.2. The van der Waals surface area contributed by atoms with Crippen LogP contribution < -0.4 is 0 Å². The Morgan fingerprint density at radius 2 is 1.94 bits per heavy atom. The van der Waals surface area contributed by atoms with Gasteiger partial charge in [-0.25, -0.2) is 0 Å². The van der Waals surface area contributed by atoms with Gasteiger partial charge < -0.3 is 0 Å². The molecule has 0 radical (unpaired) electrons. The van der Waals surface area contributed by atoms with Crippen LogP contribution >= 0.6 is 0 Å². The quantitative estimate of drug-likeness (QED) is 0.674. The van der Waals surface area contributed by atoms with Gasteiger partial charge in [-0.15, -0.1) is 0 Å². The minimum atomic E-state index is 0.822. The summed E-state index contributed by atoms with van der Waals surface area (Å²) < 4.78 is 0. The van der Waals surface area contributed by atoms with Crippen LogP contribution in [0.3, 0.4) is 0 Å². The highest BCUT2D eigenvalue weighted by atomic mass is 14.8. The third kappa shape index (κ3) is 3.04. The number of aliphatic imine (C=N–C) groups is 1. The Kier molecular flexibility index (Phi) is 3.71. The highest BCUT2D eigenvalue weighted by molar-refractivity contribution is 6.03. The first-order chi connectivity index (χ1) is 8.27. The van der Waals surface area contributed by atoms with Gasteiger partial charge in [0.15, 0.2) is 0 Å². The molecular formula is C16H17N. The predicted octanol–water partition coefficient (Wildman–Crippen LogP) is 4.39. The van der Waals surface area contributed by atoms with Crippen LogP contribution in [0.1, 0.15) is 25.3 Å². The molecule has 0 fully saturated rings. The van der Waals surface area contributed by atoms with Crippen LogP contribution in [-0.2, 0) is 0 Å². The standard InChI is InChI=1S/C16H17N/c1-13(15-9-5-3-6-10-15)17-14(2)16-11-7-4-8-12-16/h3,5-7,9-12H,1,4,8H2,2H3. The number of nitrogens with zero attached hydrogens (tertiary/aromatic N) is 1. The van der Waals surface area contributed by atoms with E-state index >= 15 is 0 Å². The van der Waals surface area contributed by atoms with Gasteiger partial charge in [-0.2, -0.15) is 0 Å². The summed E-state index contributed by atoms with van der Waals surface area (Å²) in [4.78, 5) is 4.57. The summed E-state index contributed by atoms with van der Waals surface area (Å²) >= 11 is 0. The average Bonchev–Trinajstić information content (AvgIpc) is 2.40. The molecule has 1 aliphatic rings. The second-order valence-corrected chi connectivity index (χ2v) is 4.15. The van der Waals surface area contributed by atoms with Crippen molar-refractivity contribution in [3.8, 4) is 0 Å². The first-order valence-electron chi connectivity index (χ1n) is 5.94. The van der Waals surface area contributed by atoms with E-state index in [1.165, 1.54) is 5.57 Å². The molecule has 0 N–H and O–H groups in total. The fraction of sp³-hybridized carbons (Fsp3) is 0.188. The maximum absolute atomic E-state index is 4.57. The van der Waals surface area contributed by atoms with Gasteiger partial charge in [0, 0.05) is 5.71 Å². The normalized spacial score (nSPS) is 15.6. The van der Waals surface area contributed by atoms with Gasteiger partial charge in [0.25, 0.3) is 0 Å². The van der Waals surface area contributed by atoms with Crippen LogP contribution in [0, 0.1) is 0 Å². The lowest BCUT2D eigenvalue weighted by Crippen LogP contribution is -1.98. The van der Waals surface area contributed by atoms with Gasteiger partial charge in [-0.1, -0.05) is 55.1 Å². The van der Waals surface area contributed by atoms with Crippen molar-refractivity contribution in [2.45, 2.75) is 19.8 Å². The van der Waals surface area contributed by atoms with Crippen LogP contribution in [0.2, 0.25) is 0 Å². The second kappa shape index (κ2) is 5.44. The van der Waals surface area contributed by atoms with E-state index in [0.717, 1.165) is 29.8 Å². The summed E-state index contributed by atoms with van der Waals surface area (Å²) in [6.45, 7) is 6.06. The molecule has 0 heterocycles. The average molecular weight is 223 g/mol. The Morgan fingerprint density at radius 3 is 2.59 bits per heavy atom. The highest BCUT2D eigenvalue weighted by Gasteiger charge is 2.02. The van der Waals surface area contributed by atoms with E-state index in [1.54, 1.807) is 0 Å². The predicted molar refractivity (Wildman–Crippen MR) is 75.0 cm³/mol. The van der Waals surface area contributed by atoms with E-state index in [1.807, 2.05) is 37.3 Å². The number of rotatable bonds is 3. The maximum Gasteiger partial charge on any atom is 0.0633 e. The van der Waals surface area contributed by atoms with Crippen molar-refractivity contribution in [2.24, 2.45) is 4.99 Å². The molecule has 0 amide bonds. The van der Waals surface area contributed by atoms with E-state index in [4.69, 9.17) is 0 Å². The molecule has 0 spiro atoms. The summed E-state index contributed by atoms with van der Waals surface area (Å²) in [5.41, 5.74) is 4.15. The van der Waals surface area contributed by atoms with Crippen LogP contribution in [0.4, 0.5) is 0 Å². The lowest BCUT2D eigenvalue weighted by Gasteiger charge is -2.07. The van der Waals surface area contributed by atoms with Crippen molar-refractivity contribution in [3.63, 3.8) is 0 Å². The SMILES string of the molecule is C=C(N=C(C)C1=CCCC=C1)c1ccccc1. The Morgan fingerprint density at radius 1 is 1.18 bits per heavy atom. The van der Waals surface area contributed by atoms with Gasteiger partial charge in [0.2, 0.25) is 0 Å². The van der Waals surface area contributed by atoms with E-state index < -0.39 is 0 Å². The van der Waals surface area contributed by atoms with Crippen LogP contribution in [0.5, 0.6) is 0 Å². The first kappa shape index (κ1) is 11.6. The Hall–Kier alpha value is -1.89. The van der Waals surface area contributed by atoms with Gasteiger partial charge in [0.05, 0.1) is 5.70 Å². The van der Waals surface area contributed by atoms with E-state index in [9.17, 15) is 0 Å².